The first-order valence-electron chi connectivity index (χ1n) is 8.21. The molecule has 3 N–H and O–H groups in total. The van der Waals surface area contributed by atoms with Crippen LogP contribution >= 0.6 is 0 Å². The third-order valence-corrected chi connectivity index (χ3v) is 5.27. The highest BCUT2D eigenvalue weighted by Crippen LogP contribution is 2.42. The highest BCUT2D eigenvalue weighted by molar-refractivity contribution is 7.86. The van der Waals surface area contributed by atoms with Gasteiger partial charge >= 0.3 is 0 Å². The van der Waals surface area contributed by atoms with Crippen molar-refractivity contribution < 1.29 is 23.2 Å². The van der Waals surface area contributed by atoms with Gasteiger partial charge in [-0.1, -0.05) is 54.6 Å². The molecule has 0 amide bonds. The number of hydrogen-bond donors (Lipinski definition) is 3. The number of phenols is 2. The first-order chi connectivity index (χ1) is 13.4. The predicted octanol–water partition coefficient (Wildman–Crippen LogP) is 5.07. The second-order valence-corrected chi connectivity index (χ2v) is 7.48. The number of hydrogen-bond acceptors (Lipinski definition) is 6. The van der Waals surface area contributed by atoms with Crippen molar-refractivity contribution in [3.8, 4) is 11.5 Å². The van der Waals surface area contributed by atoms with E-state index in [1.807, 2.05) is 12.1 Å². The highest BCUT2D eigenvalue weighted by Gasteiger charge is 2.23. The van der Waals surface area contributed by atoms with E-state index in [0.29, 0.717) is 10.8 Å². The van der Waals surface area contributed by atoms with Crippen LogP contribution in [-0.4, -0.2) is 23.2 Å². The lowest BCUT2D eigenvalue weighted by Crippen LogP contribution is -2.00. The fraction of sp³-hybridized carbons (Fsp3) is 0. The molecule has 0 aliphatic heterocycles. The summed E-state index contributed by atoms with van der Waals surface area (Å²) in [5, 5.41) is 30.4. The van der Waals surface area contributed by atoms with Gasteiger partial charge < -0.3 is 10.2 Å². The molecule has 0 atom stereocenters. The van der Waals surface area contributed by atoms with Crippen molar-refractivity contribution in [3.63, 3.8) is 0 Å². The molecule has 28 heavy (non-hydrogen) atoms. The van der Waals surface area contributed by atoms with Crippen LogP contribution in [-0.2, 0) is 10.1 Å². The molecule has 0 bridgehead atoms. The van der Waals surface area contributed by atoms with Gasteiger partial charge in [-0.3, -0.25) is 4.55 Å². The van der Waals surface area contributed by atoms with Crippen LogP contribution in [0.1, 0.15) is 0 Å². The van der Waals surface area contributed by atoms with E-state index in [9.17, 15) is 23.2 Å². The molecule has 0 aromatic heterocycles. The Morgan fingerprint density at radius 1 is 0.679 bits per heavy atom. The lowest BCUT2D eigenvalue weighted by atomic mass is 10.1. The van der Waals surface area contributed by atoms with Crippen LogP contribution in [0.4, 0.5) is 11.4 Å². The number of azo groups is 1. The van der Waals surface area contributed by atoms with Gasteiger partial charge in [0.25, 0.3) is 10.1 Å². The van der Waals surface area contributed by atoms with E-state index in [0.717, 1.165) is 5.39 Å². The summed E-state index contributed by atoms with van der Waals surface area (Å²) in [6, 6.07) is 18.0. The second kappa shape index (κ2) is 6.59. The fourth-order valence-corrected chi connectivity index (χ4v) is 3.95. The Bertz CT molecular complexity index is 1360. The molecule has 0 aliphatic carbocycles. The third kappa shape index (κ3) is 3.04. The summed E-state index contributed by atoms with van der Waals surface area (Å²) in [6.07, 6.45) is 0. The second-order valence-electron chi connectivity index (χ2n) is 6.12. The first-order valence-corrected chi connectivity index (χ1v) is 9.65. The van der Waals surface area contributed by atoms with Gasteiger partial charge in [-0.05, 0) is 22.9 Å². The van der Waals surface area contributed by atoms with E-state index < -0.39 is 26.5 Å². The number of benzene rings is 4. The molecule has 0 unspecified atom stereocenters. The van der Waals surface area contributed by atoms with Gasteiger partial charge in [-0.15, -0.1) is 10.2 Å². The molecule has 4 aromatic carbocycles. The zero-order chi connectivity index (χ0) is 19.9. The smallest absolute Gasteiger partial charge is 0.297 e. The SMILES string of the molecule is O=S(=O)(O)c1c(/N=N/c2c(O)ccc3ccccc23)c(O)cc2ccccc12. The number of fused-ring (bicyclic) bond motifs is 2. The third-order valence-electron chi connectivity index (χ3n) is 4.34. The molecule has 0 aliphatic rings. The van der Waals surface area contributed by atoms with Crippen molar-refractivity contribution in [3.05, 3.63) is 66.7 Å². The van der Waals surface area contributed by atoms with Crippen LogP contribution in [0, 0.1) is 0 Å². The van der Waals surface area contributed by atoms with Gasteiger partial charge in [-0.2, -0.15) is 8.42 Å². The highest BCUT2D eigenvalue weighted by atomic mass is 32.2. The summed E-state index contributed by atoms with van der Waals surface area (Å²) in [5.74, 6) is -0.620. The number of phenolic OH excluding ortho intramolecular Hbond substituents is 2. The predicted molar refractivity (Wildman–Crippen MR) is 105 cm³/mol. The molecule has 8 heteroatoms. The van der Waals surface area contributed by atoms with E-state index in [4.69, 9.17) is 0 Å². The fourth-order valence-electron chi connectivity index (χ4n) is 3.10. The topological polar surface area (TPSA) is 120 Å². The van der Waals surface area contributed by atoms with Crippen molar-refractivity contribution in [2.75, 3.05) is 0 Å². The molecule has 0 heterocycles. The average Bonchev–Trinajstić information content (AvgIpc) is 2.66. The molecule has 4 aromatic rings. The number of aromatic hydroxyl groups is 2. The minimum absolute atomic E-state index is 0.118. The minimum Gasteiger partial charge on any atom is -0.506 e. The standard InChI is InChI=1S/C20H14N2O5S/c23-16-10-9-12-5-1-3-7-14(12)18(16)21-22-19-17(24)11-13-6-2-4-8-15(13)20(19)28(25,26)27/h1-11,23-24H,(H,25,26,27)/b22-21+. The van der Waals surface area contributed by atoms with Crippen LogP contribution in [0.2, 0.25) is 0 Å². The Hall–Kier alpha value is -3.49. The lowest BCUT2D eigenvalue weighted by molar-refractivity contribution is 0.468. The average molecular weight is 394 g/mol. The van der Waals surface area contributed by atoms with Crippen LogP contribution in [0.15, 0.2) is 81.9 Å². The number of rotatable bonds is 3. The summed E-state index contributed by atoms with van der Waals surface area (Å²) in [6.45, 7) is 0. The maximum absolute atomic E-state index is 12.0. The summed E-state index contributed by atoms with van der Waals surface area (Å²) >= 11 is 0. The molecular weight excluding hydrogens is 380 g/mol. The van der Waals surface area contributed by atoms with Crippen LogP contribution < -0.4 is 0 Å². The van der Waals surface area contributed by atoms with E-state index in [1.54, 1.807) is 36.4 Å². The lowest BCUT2D eigenvalue weighted by Gasteiger charge is -2.09. The molecule has 0 saturated carbocycles. The largest absolute Gasteiger partial charge is 0.506 e. The molecule has 0 fully saturated rings. The van der Waals surface area contributed by atoms with Gasteiger partial charge in [0.1, 0.15) is 27.8 Å². The van der Waals surface area contributed by atoms with Gasteiger partial charge in [-0.25, -0.2) is 0 Å². The first kappa shape index (κ1) is 17.9. The Morgan fingerprint density at radius 3 is 2.00 bits per heavy atom. The zero-order valence-electron chi connectivity index (χ0n) is 14.3. The maximum Gasteiger partial charge on any atom is 0.297 e. The Labute approximate surface area is 160 Å². The molecular formula is C20H14N2O5S. The molecule has 7 nitrogen and oxygen atoms in total. The van der Waals surface area contributed by atoms with Crippen molar-refractivity contribution in [1.29, 1.82) is 0 Å². The monoisotopic (exact) mass is 394 g/mol. The quantitative estimate of drug-likeness (QED) is 0.331. The van der Waals surface area contributed by atoms with E-state index in [2.05, 4.69) is 10.2 Å². The maximum atomic E-state index is 12.0. The van der Waals surface area contributed by atoms with Gasteiger partial charge in [0, 0.05) is 10.8 Å². The van der Waals surface area contributed by atoms with Crippen LogP contribution in [0.5, 0.6) is 11.5 Å². The summed E-state index contributed by atoms with van der Waals surface area (Å²) in [4.78, 5) is -0.549. The molecule has 140 valence electrons. The number of nitrogens with zero attached hydrogens (tertiary/aromatic N) is 2. The Kier molecular flexibility index (Phi) is 4.21. The molecule has 0 saturated heterocycles. The van der Waals surface area contributed by atoms with Gasteiger partial charge in [0.2, 0.25) is 0 Å². The van der Waals surface area contributed by atoms with Crippen molar-refractivity contribution in [1.82, 2.24) is 0 Å². The summed E-state index contributed by atoms with van der Waals surface area (Å²) in [7, 11) is -4.72. The Balaban J connectivity index is 1.99. The molecule has 4 rings (SSSR count). The molecule has 0 spiro atoms. The molecule has 0 radical (unpaired) electrons. The van der Waals surface area contributed by atoms with Crippen molar-refractivity contribution in [2.45, 2.75) is 4.90 Å². The van der Waals surface area contributed by atoms with Gasteiger partial charge in [0.15, 0.2) is 0 Å². The normalized spacial score (nSPS) is 12.2. The summed E-state index contributed by atoms with van der Waals surface area (Å²) in [5.41, 5.74) is -0.291. The zero-order valence-corrected chi connectivity index (χ0v) is 15.1. The minimum atomic E-state index is -4.72. The summed E-state index contributed by atoms with van der Waals surface area (Å²) < 4.78 is 33.7. The van der Waals surface area contributed by atoms with Crippen LogP contribution in [0.25, 0.3) is 21.5 Å². The Morgan fingerprint density at radius 2 is 1.29 bits per heavy atom. The van der Waals surface area contributed by atoms with Crippen molar-refractivity contribution >= 4 is 43.0 Å². The van der Waals surface area contributed by atoms with Crippen molar-refractivity contribution in [2.24, 2.45) is 10.2 Å². The van der Waals surface area contributed by atoms with E-state index in [-0.39, 0.29) is 16.8 Å². The van der Waals surface area contributed by atoms with E-state index >= 15 is 0 Å². The van der Waals surface area contributed by atoms with Gasteiger partial charge in [0.05, 0.1) is 0 Å². The van der Waals surface area contributed by atoms with Crippen LogP contribution in [0.3, 0.4) is 0 Å². The van der Waals surface area contributed by atoms with E-state index in [1.165, 1.54) is 18.2 Å².